The predicted octanol–water partition coefficient (Wildman–Crippen LogP) is 2.57. The van der Waals surface area contributed by atoms with Gasteiger partial charge in [0.25, 0.3) is 0 Å². The second-order valence-corrected chi connectivity index (χ2v) is 5.78. The molecule has 0 heterocycles. The number of carbonyl (C=O) groups is 1. The minimum Gasteiger partial charge on any atom is -0.392 e. The first-order valence-corrected chi connectivity index (χ1v) is 6.15. The molecule has 1 fully saturated rings. The van der Waals surface area contributed by atoms with Gasteiger partial charge in [0.15, 0.2) is 0 Å². The lowest BCUT2D eigenvalue weighted by molar-refractivity contribution is -0.121. The van der Waals surface area contributed by atoms with Crippen molar-refractivity contribution in [2.45, 2.75) is 46.6 Å². The largest absolute Gasteiger partial charge is 0.392 e. The fraction of sp³-hybridized carbons (Fsp3) is 0.667. The lowest BCUT2D eigenvalue weighted by atomic mass is 9.87. The van der Waals surface area contributed by atoms with Gasteiger partial charge in [0.1, 0.15) is 5.78 Å². The molecule has 0 aromatic heterocycles. The molecule has 0 amide bonds. The highest BCUT2D eigenvalue weighted by Crippen LogP contribution is 2.33. The van der Waals surface area contributed by atoms with E-state index in [0.29, 0.717) is 6.42 Å². The summed E-state index contributed by atoms with van der Waals surface area (Å²) in [6.45, 7) is 8.09. The quantitative estimate of drug-likeness (QED) is 0.589. The van der Waals surface area contributed by atoms with Gasteiger partial charge in [-0.3, -0.25) is 4.79 Å². The zero-order valence-corrected chi connectivity index (χ0v) is 11.2. The molecule has 94 valence electrons. The fourth-order valence-electron chi connectivity index (χ4n) is 2.10. The third-order valence-corrected chi connectivity index (χ3v) is 3.05. The van der Waals surface area contributed by atoms with Crippen molar-refractivity contribution in [3.8, 4) is 11.8 Å². The number of rotatable bonds is 2. The standard InChI is InChI=1S/C15H22O2/c1-5-6-7-11-12(8-9-15(2,3)4)14(17)10-13(11)16/h8-9,11-12,14,17H,7,10H2,1-4H3/b9-8+/t11-,12-,14-/m1/s1. The van der Waals surface area contributed by atoms with Crippen LogP contribution in [0.3, 0.4) is 0 Å². The summed E-state index contributed by atoms with van der Waals surface area (Å²) in [6, 6.07) is 0. The van der Waals surface area contributed by atoms with Crippen LogP contribution in [0.2, 0.25) is 0 Å². The average Bonchev–Trinajstić information content (AvgIpc) is 2.46. The Balaban J connectivity index is 2.81. The first-order valence-electron chi connectivity index (χ1n) is 6.15. The Hall–Kier alpha value is -1.07. The molecule has 0 aliphatic heterocycles. The molecule has 0 radical (unpaired) electrons. The van der Waals surface area contributed by atoms with Crippen molar-refractivity contribution >= 4 is 5.78 Å². The summed E-state index contributed by atoms with van der Waals surface area (Å²) < 4.78 is 0. The van der Waals surface area contributed by atoms with Crippen molar-refractivity contribution < 1.29 is 9.90 Å². The van der Waals surface area contributed by atoms with Crippen molar-refractivity contribution in [1.82, 2.24) is 0 Å². The van der Waals surface area contributed by atoms with E-state index in [1.807, 2.05) is 6.08 Å². The van der Waals surface area contributed by atoms with Gasteiger partial charge in [-0.15, -0.1) is 11.8 Å². The van der Waals surface area contributed by atoms with Crippen LogP contribution < -0.4 is 0 Å². The number of ketones is 1. The van der Waals surface area contributed by atoms with Gasteiger partial charge in [0.2, 0.25) is 0 Å². The van der Waals surface area contributed by atoms with Crippen LogP contribution in [-0.4, -0.2) is 17.0 Å². The first-order chi connectivity index (χ1) is 7.85. The SMILES string of the molecule is CC#CC[C@H]1C(=O)C[C@@H](O)[C@@H]1/C=C/C(C)(C)C. The van der Waals surface area contributed by atoms with Crippen LogP contribution in [0.25, 0.3) is 0 Å². The maximum atomic E-state index is 11.8. The van der Waals surface area contributed by atoms with E-state index in [1.54, 1.807) is 6.92 Å². The smallest absolute Gasteiger partial charge is 0.140 e. The summed E-state index contributed by atoms with van der Waals surface area (Å²) in [6.07, 6.45) is 4.37. The molecule has 17 heavy (non-hydrogen) atoms. The summed E-state index contributed by atoms with van der Waals surface area (Å²) >= 11 is 0. The molecule has 0 aromatic rings. The number of allylic oxidation sites excluding steroid dienone is 1. The van der Waals surface area contributed by atoms with E-state index < -0.39 is 6.10 Å². The van der Waals surface area contributed by atoms with Gasteiger partial charge in [-0.2, -0.15) is 0 Å². The Morgan fingerprint density at radius 3 is 2.65 bits per heavy atom. The zero-order valence-electron chi connectivity index (χ0n) is 11.2. The van der Waals surface area contributed by atoms with Gasteiger partial charge in [-0.05, 0) is 12.3 Å². The van der Waals surface area contributed by atoms with Crippen LogP contribution in [0.4, 0.5) is 0 Å². The van der Waals surface area contributed by atoms with Crippen LogP contribution in [0.5, 0.6) is 0 Å². The van der Waals surface area contributed by atoms with Crippen LogP contribution >= 0.6 is 0 Å². The maximum absolute atomic E-state index is 11.8. The molecule has 2 nitrogen and oxygen atoms in total. The van der Waals surface area contributed by atoms with E-state index in [1.165, 1.54) is 0 Å². The van der Waals surface area contributed by atoms with E-state index in [0.717, 1.165) is 0 Å². The molecule has 0 unspecified atom stereocenters. The molecule has 1 N–H and O–H groups in total. The molecule has 1 rings (SSSR count). The summed E-state index contributed by atoms with van der Waals surface area (Å²) in [7, 11) is 0. The Bertz CT molecular complexity index is 363. The van der Waals surface area contributed by atoms with Crippen LogP contribution in [-0.2, 0) is 4.79 Å². The van der Waals surface area contributed by atoms with Crippen LogP contribution in [0, 0.1) is 29.1 Å². The summed E-state index contributed by atoms with van der Waals surface area (Å²) in [5.41, 5.74) is 0.0757. The number of carbonyl (C=O) groups excluding carboxylic acids is 1. The molecule has 1 aliphatic carbocycles. The predicted molar refractivity (Wildman–Crippen MR) is 69.3 cm³/mol. The van der Waals surface area contributed by atoms with Crippen LogP contribution in [0.15, 0.2) is 12.2 Å². The highest BCUT2D eigenvalue weighted by Gasteiger charge is 2.39. The molecule has 2 heteroatoms. The van der Waals surface area contributed by atoms with Crippen molar-refractivity contribution in [1.29, 1.82) is 0 Å². The number of aliphatic hydroxyl groups excluding tert-OH is 1. The zero-order chi connectivity index (χ0) is 13.1. The molecule has 0 bridgehead atoms. The van der Waals surface area contributed by atoms with Gasteiger partial charge >= 0.3 is 0 Å². The summed E-state index contributed by atoms with van der Waals surface area (Å²) in [4.78, 5) is 11.8. The molecule has 0 spiro atoms. The van der Waals surface area contributed by atoms with Crippen molar-refractivity contribution in [3.05, 3.63) is 12.2 Å². The van der Waals surface area contributed by atoms with E-state index in [2.05, 4.69) is 38.7 Å². The topological polar surface area (TPSA) is 37.3 Å². The van der Waals surface area contributed by atoms with Gasteiger partial charge in [-0.1, -0.05) is 32.9 Å². The van der Waals surface area contributed by atoms with E-state index in [4.69, 9.17) is 0 Å². The highest BCUT2D eigenvalue weighted by molar-refractivity contribution is 5.85. The van der Waals surface area contributed by atoms with E-state index in [9.17, 15) is 9.90 Å². The molecule has 1 saturated carbocycles. The van der Waals surface area contributed by atoms with Gasteiger partial charge in [0.05, 0.1) is 6.10 Å². The Morgan fingerprint density at radius 2 is 2.12 bits per heavy atom. The first kappa shape index (κ1) is 14.0. The molecule has 3 atom stereocenters. The molecule has 1 aliphatic rings. The van der Waals surface area contributed by atoms with Gasteiger partial charge in [-0.25, -0.2) is 0 Å². The molecular weight excluding hydrogens is 212 g/mol. The van der Waals surface area contributed by atoms with E-state index in [-0.39, 0.29) is 29.5 Å². The Morgan fingerprint density at radius 1 is 1.47 bits per heavy atom. The van der Waals surface area contributed by atoms with Crippen molar-refractivity contribution in [2.24, 2.45) is 17.3 Å². The second kappa shape index (κ2) is 5.51. The minimum atomic E-state index is -0.537. The highest BCUT2D eigenvalue weighted by atomic mass is 16.3. The minimum absolute atomic E-state index is 0.0671. The number of hydrogen-bond acceptors (Lipinski definition) is 2. The lowest BCUT2D eigenvalue weighted by Gasteiger charge is -2.18. The lowest BCUT2D eigenvalue weighted by Crippen LogP contribution is -2.18. The van der Waals surface area contributed by atoms with Gasteiger partial charge < -0.3 is 5.11 Å². The number of hydrogen-bond donors (Lipinski definition) is 1. The number of aliphatic hydroxyl groups is 1. The second-order valence-electron chi connectivity index (χ2n) is 5.78. The van der Waals surface area contributed by atoms with E-state index >= 15 is 0 Å². The maximum Gasteiger partial charge on any atom is 0.140 e. The fourth-order valence-corrected chi connectivity index (χ4v) is 2.10. The van der Waals surface area contributed by atoms with Crippen molar-refractivity contribution in [3.63, 3.8) is 0 Å². The monoisotopic (exact) mass is 234 g/mol. The Kier molecular flexibility index (Phi) is 4.54. The molecule has 0 aromatic carbocycles. The number of Topliss-reactive ketones (excluding diaryl/α,β-unsaturated/α-hetero) is 1. The average molecular weight is 234 g/mol. The molecular formula is C15H22O2. The third-order valence-electron chi connectivity index (χ3n) is 3.05. The van der Waals surface area contributed by atoms with Gasteiger partial charge in [0, 0.05) is 24.7 Å². The summed E-state index contributed by atoms with van der Waals surface area (Å²) in [5.74, 6) is 5.71. The third kappa shape index (κ3) is 4.02. The van der Waals surface area contributed by atoms with Crippen LogP contribution in [0.1, 0.15) is 40.5 Å². The Labute approximate surface area is 104 Å². The molecule has 0 saturated heterocycles. The van der Waals surface area contributed by atoms with Crippen molar-refractivity contribution in [2.75, 3.05) is 0 Å². The summed E-state index contributed by atoms with van der Waals surface area (Å²) in [5, 5.41) is 9.91. The normalized spacial score (nSPS) is 29.5.